The molecule has 3 rings (SSSR count). The number of methoxy groups -OCH3 is 2. The molecule has 176 valence electrons. The second-order valence-electron chi connectivity index (χ2n) is 6.80. The maximum Gasteiger partial charge on any atom is 0.337 e. The quantitative estimate of drug-likeness (QED) is 0.265. The molecule has 0 unspecified atom stereocenters. The van der Waals surface area contributed by atoms with Gasteiger partial charge in [0.25, 0.3) is 0 Å². The molecule has 0 aliphatic carbocycles. The first-order valence-corrected chi connectivity index (χ1v) is 11.3. The van der Waals surface area contributed by atoms with E-state index in [2.05, 4.69) is 22.1 Å². The molecule has 0 aliphatic rings. The summed E-state index contributed by atoms with van der Waals surface area (Å²) >= 11 is 7.47. The maximum atomic E-state index is 12.6. The fourth-order valence-electron chi connectivity index (χ4n) is 3.03. The maximum absolute atomic E-state index is 12.6. The summed E-state index contributed by atoms with van der Waals surface area (Å²) in [6, 6.07) is 11.4. The number of ether oxygens (including phenoxy) is 2. The van der Waals surface area contributed by atoms with Gasteiger partial charge >= 0.3 is 11.9 Å². The second kappa shape index (κ2) is 11.5. The Morgan fingerprint density at radius 2 is 1.74 bits per heavy atom. The third-order valence-electron chi connectivity index (χ3n) is 4.53. The summed E-state index contributed by atoms with van der Waals surface area (Å²) in [5.74, 6) is -1.13. The summed E-state index contributed by atoms with van der Waals surface area (Å²) in [5.41, 5.74) is 1.16. The van der Waals surface area contributed by atoms with Crippen molar-refractivity contribution in [2.24, 2.45) is 0 Å². The van der Waals surface area contributed by atoms with Crippen molar-refractivity contribution in [1.82, 2.24) is 14.8 Å². The van der Waals surface area contributed by atoms with E-state index in [0.717, 1.165) is 0 Å². The summed E-state index contributed by atoms with van der Waals surface area (Å²) in [4.78, 5) is 36.5. The molecule has 9 nitrogen and oxygen atoms in total. The molecule has 0 bridgehead atoms. The van der Waals surface area contributed by atoms with Gasteiger partial charge in [-0.3, -0.25) is 9.36 Å². The lowest BCUT2D eigenvalue weighted by Gasteiger charge is -2.10. The Labute approximate surface area is 205 Å². The molecule has 3 aromatic rings. The number of amides is 1. The van der Waals surface area contributed by atoms with Crippen LogP contribution in [0.2, 0.25) is 5.02 Å². The zero-order valence-electron chi connectivity index (χ0n) is 18.4. The Balaban J connectivity index is 1.78. The second-order valence-corrected chi connectivity index (χ2v) is 8.15. The number of carbonyl (C=O) groups is 3. The zero-order chi connectivity index (χ0) is 24.7. The molecule has 0 saturated heterocycles. The van der Waals surface area contributed by atoms with Crippen molar-refractivity contribution < 1.29 is 23.9 Å². The van der Waals surface area contributed by atoms with Crippen LogP contribution in [0.25, 0.3) is 11.4 Å². The molecular formula is C23H21ClN4O5S. The van der Waals surface area contributed by atoms with Crippen LogP contribution in [0.5, 0.6) is 0 Å². The van der Waals surface area contributed by atoms with Gasteiger partial charge in [0, 0.05) is 17.8 Å². The van der Waals surface area contributed by atoms with Crippen molar-refractivity contribution in [2.45, 2.75) is 11.7 Å². The fourth-order valence-corrected chi connectivity index (χ4v) is 4.00. The summed E-state index contributed by atoms with van der Waals surface area (Å²) < 4.78 is 11.2. The lowest BCUT2D eigenvalue weighted by Crippen LogP contribution is -2.16. The lowest BCUT2D eigenvalue weighted by atomic mass is 10.1. The lowest BCUT2D eigenvalue weighted by molar-refractivity contribution is -0.113. The monoisotopic (exact) mass is 500 g/mol. The Morgan fingerprint density at radius 3 is 2.32 bits per heavy atom. The zero-order valence-corrected chi connectivity index (χ0v) is 20.0. The molecule has 11 heteroatoms. The van der Waals surface area contributed by atoms with Gasteiger partial charge < -0.3 is 14.8 Å². The van der Waals surface area contributed by atoms with Crippen molar-refractivity contribution >= 4 is 46.9 Å². The Bertz CT molecular complexity index is 1210. The van der Waals surface area contributed by atoms with Crippen molar-refractivity contribution in [3.63, 3.8) is 0 Å². The Hall–Kier alpha value is -3.63. The van der Waals surface area contributed by atoms with E-state index < -0.39 is 11.9 Å². The third-order valence-corrected chi connectivity index (χ3v) is 5.83. The topological polar surface area (TPSA) is 112 Å². The van der Waals surface area contributed by atoms with Crippen LogP contribution in [0.1, 0.15) is 20.7 Å². The third kappa shape index (κ3) is 5.83. The minimum Gasteiger partial charge on any atom is -0.465 e. The number of nitrogens with one attached hydrogen (secondary N) is 1. The molecule has 0 saturated carbocycles. The van der Waals surface area contributed by atoms with E-state index in [9.17, 15) is 14.4 Å². The molecule has 0 aliphatic heterocycles. The first-order chi connectivity index (χ1) is 16.4. The number of thioether (sulfide) groups is 1. The van der Waals surface area contributed by atoms with Crippen molar-refractivity contribution in [3.8, 4) is 11.4 Å². The van der Waals surface area contributed by atoms with Gasteiger partial charge in [0.05, 0.1) is 36.1 Å². The molecule has 1 heterocycles. The molecule has 1 N–H and O–H groups in total. The van der Waals surface area contributed by atoms with Crippen LogP contribution >= 0.6 is 23.4 Å². The highest BCUT2D eigenvalue weighted by Crippen LogP contribution is 2.29. The number of aromatic nitrogens is 3. The number of nitrogens with zero attached hydrogens (tertiary/aromatic N) is 3. The highest BCUT2D eigenvalue weighted by molar-refractivity contribution is 7.99. The number of esters is 2. The normalized spacial score (nSPS) is 10.4. The minimum atomic E-state index is -0.653. The van der Waals surface area contributed by atoms with Crippen molar-refractivity contribution in [1.29, 1.82) is 0 Å². The van der Waals surface area contributed by atoms with E-state index in [1.165, 1.54) is 44.2 Å². The van der Waals surface area contributed by atoms with Crippen LogP contribution in [0.4, 0.5) is 5.69 Å². The molecule has 34 heavy (non-hydrogen) atoms. The molecular weight excluding hydrogens is 480 g/mol. The van der Waals surface area contributed by atoms with Gasteiger partial charge in [-0.15, -0.1) is 16.8 Å². The van der Waals surface area contributed by atoms with E-state index in [1.54, 1.807) is 16.7 Å². The number of anilines is 1. The summed E-state index contributed by atoms with van der Waals surface area (Å²) in [6.07, 6.45) is 1.69. The fraction of sp³-hybridized carbons (Fsp3) is 0.174. The van der Waals surface area contributed by atoms with Gasteiger partial charge in [-0.1, -0.05) is 41.6 Å². The number of halogens is 1. The first kappa shape index (κ1) is 25.0. The number of hydrogen-bond donors (Lipinski definition) is 1. The molecule has 1 amide bonds. The van der Waals surface area contributed by atoms with E-state index in [0.29, 0.717) is 28.1 Å². The van der Waals surface area contributed by atoms with Crippen LogP contribution in [-0.4, -0.2) is 52.6 Å². The number of hydrogen-bond acceptors (Lipinski definition) is 8. The van der Waals surface area contributed by atoms with Gasteiger partial charge in [-0.05, 0) is 30.3 Å². The molecule has 0 radical (unpaired) electrons. The van der Waals surface area contributed by atoms with Crippen LogP contribution in [-0.2, 0) is 20.8 Å². The van der Waals surface area contributed by atoms with Crippen LogP contribution in [0.3, 0.4) is 0 Å². The highest BCUT2D eigenvalue weighted by Gasteiger charge is 2.18. The predicted octanol–water partition coefficient (Wildman–Crippen LogP) is 4.09. The molecule has 0 fully saturated rings. The van der Waals surface area contributed by atoms with Gasteiger partial charge in [-0.2, -0.15) is 0 Å². The molecule has 1 aromatic heterocycles. The van der Waals surface area contributed by atoms with Gasteiger partial charge in [0.1, 0.15) is 0 Å². The Kier molecular flexibility index (Phi) is 8.44. The summed E-state index contributed by atoms with van der Waals surface area (Å²) in [5, 5.41) is 12.1. The molecule has 0 spiro atoms. The average Bonchev–Trinajstić information content (AvgIpc) is 3.24. The number of benzene rings is 2. The van der Waals surface area contributed by atoms with E-state index in [-0.39, 0.29) is 28.5 Å². The number of carbonyl (C=O) groups excluding carboxylic acids is 3. The summed E-state index contributed by atoms with van der Waals surface area (Å²) in [6.45, 7) is 4.19. The van der Waals surface area contributed by atoms with E-state index in [1.807, 2.05) is 18.2 Å². The largest absolute Gasteiger partial charge is 0.465 e. The Morgan fingerprint density at radius 1 is 1.09 bits per heavy atom. The molecule has 2 aromatic carbocycles. The summed E-state index contributed by atoms with van der Waals surface area (Å²) in [7, 11) is 2.44. The minimum absolute atomic E-state index is 0.00614. The molecule has 0 atom stereocenters. The highest BCUT2D eigenvalue weighted by atomic mass is 35.5. The SMILES string of the molecule is C=CCn1c(SCC(=O)Nc2cc(C(=O)OC)cc(C(=O)OC)c2)nnc1-c1ccccc1Cl. The van der Waals surface area contributed by atoms with Gasteiger partial charge in [0.2, 0.25) is 5.91 Å². The smallest absolute Gasteiger partial charge is 0.337 e. The number of rotatable bonds is 9. The predicted molar refractivity (Wildman–Crippen MR) is 129 cm³/mol. The average molecular weight is 501 g/mol. The van der Waals surface area contributed by atoms with Crippen LogP contribution in [0.15, 0.2) is 60.3 Å². The standard InChI is InChI=1S/C23H21ClN4O5S/c1-4-9-28-20(17-7-5-6-8-18(17)24)26-27-23(28)34-13-19(29)25-16-11-14(21(30)32-2)10-15(12-16)22(31)33-3/h4-8,10-12H,1,9,13H2,2-3H3,(H,25,29). The van der Waals surface area contributed by atoms with E-state index in [4.69, 9.17) is 21.1 Å². The van der Waals surface area contributed by atoms with E-state index >= 15 is 0 Å². The van der Waals surface area contributed by atoms with Crippen LogP contribution < -0.4 is 5.32 Å². The van der Waals surface area contributed by atoms with Gasteiger partial charge in [0.15, 0.2) is 11.0 Å². The number of allylic oxidation sites excluding steroid dienone is 1. The van der Waals surface area contributed by atoms with Crippen molar-refractivity contribution in [3.05, 3.63) is 71.3 Å². The van der Waals surface area contributed by atoms with Gasteiger partial charge in [-0.25, -0.2) is 9.59 Å². The van der Waals surface area contributed by atoms with Crippen molar-refractivity contribution in [2.75, 3.05) is 25.3 Å². The first-order valence-electron chi connectivity index (χ1n) is 9.91. The van der Waals surface area contributed by atoms with Crippen LogP contribution in [0, 0.1) is 0 Å².